The van der Waals surface area contributed by atoms with Crippen LogP contribution in [-0.4, -0.2) is 30.3 Å². The Bertz CT molecular complexity index is 1190. The fourth-order valence-corrected chi connectivity index (χ4v) is 3.25. The molecule has 0 aliphatic carbocycles. The first kappa shape index (κ1) is 21.1. The quantitative estimate of drug-likeness (QED) is 0.425. The van der Waals surface area contributed by atoms with Crippen LogP contribution in [0.5, 0.6) is 11.5 Å². The molecule has 1 heterocycles. The highest BCUT2D eigenvalue weighted by atomic mass is 16.5. The van der Waals surface area contributed by atoms with E-state index in [-0.39, 0.29) is 12.3 Å². The molecule has 32 heavy (non-hydrogen) atoms. The fraction of sp³-hybridized carbons (Fsp3) is 0.160. The molecule has 7 nitrogen and oxygen atoms in total. The van der Waals surface area contributed by atoms with E-state index in [2.05, 4.69) is 27.6 Å². The lowest BCUT2D eigenvalue weighted by Gasteiger charge is -2.11. The molecule has 1 N–H and O–H groups in total. The van der Waals surface area contributed by atoms with E-state index in [1.807, 2.05) is 42.5 Å². The largest absolute Gasteiger partial charge is 0.497 e. The molecular weight excluding hydrogens is 406 g/mol. The zero-order chi connectivity index (χ0) is 22.3. The van der Waals surface area contributed by atoms with Crippen LogP contribution in [0, 0.1) is 0 Å². The number of benzene rings is 3. The summed E-state index contributed by atoms with van der Waals surface area (Å²) in [5, 5.41) is 6.88. The van der Waals surface area contributed by atoms with Crippen LogP contribution in [0.25, 0.3) is 22.5 Å². The number of hydrogen-bond acceptors (Lipinski definition) is 6. The van der Waals surface area contributed by atoms with Crippen molar-refractivity contribution in [2.24, 2.45) is 0 Å². The number of ether oxygens (including phenoxy) is 2. The van der Waals surface area contributed by atoms with E-state index in [1.54, 1.807) is 25.3 Å². The molecule has 7 heteroatoms. The topological polar surface area (TPSA) is 86.5 Å². The summed E-state index contributed by atoms with van der Waals surface area (Å²) in [6.45, 7) is 0. The normalized spacial score (nSPS) is 10.6. The lowest BCUT2D eigenvalue weighted by Crippen LogP contribution is -2.13. The molecule has 0 saturated heterocycles. The Morgan fingerprint density at radius 1 is 0.906 bits per heavy atom. The predicted molar refractivity (Wildman–Crippen MR) is 122 cm³/mol. The number of aromatic nitrogens is 2. The third-order valence-corrected chi connectivity index (χ3v) is 4.97. The number of methoxy groups -OCH3 is 2. The number of nitrogens with one attached hydrogen (secondary N) is 1. The minimum atomic E-state index is -0.180. The van der Waals surface area contributed by atoms with Crippen LogP contribution in [0.3, 0.4) is 0 Å². The van der Waals surface area contributed by atoms with Crippen molar-refractivity contribution < 1.29 is 18.8 Å². The average molecular weight is 429 g/mol. The van der Waals surface area contributed by atoms with Crippen molar-refractivity contribution in [1.29, 1.82) is 0 Å². The molecule has 0 saturated carbocycles. The highest BCUT2D eigenvalue weighted by molar-refractivity contribution is 5.92. The Kier molecular flexibility index (Phi) is 6.46. The van der Waals surface area contributed by atoms with Crippen molar-refractivity contribution in [3.63, 3.8) is 0 Å². The van der Waals surface area contributed by atoms with Gasteiger partial charge in [0.25, 0.3) is 0 Å². The molecule has 0 spiro atoms. The van der Waals surface area contributed by atoms with Crippen LogP contribution < -0.4 is 14.8 Å². The number of aryl methyl sites for hydroxylation is 1. The molecule has 1 amide bonds. The standard InChI is InChI=1S/C25H23N3O4/c1-30-20-12-13-21(22(16-20)31-2)26-23(29)14-15-24-27-25(28-32-24)19-10-8-18(9-11-19)17-6-4-3-5-7-17/h3-13,16H,14-15H2,1-2H3,(H,26,29). The smallest absolute Gasteiger partial charge is 0.227 e. The van der Waals surface area contributed by atoms with Gasteiger partial charge in [-0.05, 0) is 23.3 Å². The van der Waals surface area contributed by atoms with E-state index in [1.165, 1.54) is 7.11 Å². The van der Waals surface area contributed by atoms with Gasteiger partial charge in [-0.3, -0.25) is 4.79 Å². The van der Waals surface area contributed by atoms with Gasteiger partial charge in [0.05, 0.1) is 19.9 Å². The van der Waals surface area contributed by atoms with E-state index >= 15 is 0 Å². The van der Waals surface area contributed by atoms with Crippen molar-refractivity contribution in [2.45, 2.75) is 12.8 Å². The maximum atomic E-state index is 12.4. The van der Waals surface area contributed by atoms with Gasteiger partial charge in [0.15, 0.2) is 0 Å². The number of carbonyl (C=O) groups excluding carboxylic acids is 1. The second kappa shape index (κ2) is 9.78. The van der Waals surface area contributed by atoms with Crippen molar-refractivity contribution >= 4 is 11.6 Å². The average Bonchev–Trinajstić information content (AvgIpc) is 3.33. The molecule has 0 unspecified atom stereocenters. The van der Waals surface area contributed by atoms with Gasteiger partial charge in [-0.2, -0.15) is 4.98 Å². The lowest BCUT2D eigenvalue weighted by atomic mass is 10.0. The highest BCUT2D eigenvalue weighted by Crippen LogP contribution is 2.29. The van der Waals surface area contributed by atoms with Gasteiger partial charge in [-0.1, -0.05) is 59.8 Å². The fourth-order valence-electron chi connectivity index (χ4n) is 3.25. The van der Waals surface area contributed by atoms with Crippen LogP contribution in [0.15, 0.2) is 77.3 Å². The summed E-state index contributed by atoms with van der Waals surface area (Å²) in [6, 6.07) is 23.3. The monoisotopic (exact) mass is 429 g/mol. The maximum absolute atomic E-state index is 12.4. The number of anilines is 1. The van der Waals surface area contributed by atoms with Gasteiger partial charge in [0.2, 0.25) is 17.6 Å². The summed E-state index contributed by atoms with van der Waals surface area (Å²) < 4.78 is 15.8. The van der Waals surface area contributed by atoms with Gasteiger partial charge in [-0.15, -0.1) is 0 Å². The van der Waals surface area contributed by atoms with Gasteiger partial charge >= 0.3 is 0 Å². The first-order chi connectivity index (χ1) is 15.7. The van der Waals surface area contributed by atoms with E-state index < -0.39 is 0 Å². The van der Waals surface area contributed by atoms with Gasteiger partial charge in [-0.25, -0.2) is 0 Å². The summed E-state index contributed by atoms with van der Waals surface area (Å²) in [7, 11) is 3.11. The summed E-state index contributed by atoms with van der Waals surface area (Å²) in [4.78, 5) is 16.8. The molecule has 1 aromatic heterocycles. The Morgan fingerprint density at radius 3 is 2.34 bits per heavy atom. The molecular formula is C25H23N3O4. The summed E-state index contributed by atoms with van der Waals surface area (Å²) >= 11 is 0. The van der Waals surface area contributed by atoms with Gasteiger partial charge < -0.3 is 19.3 Å². The zero-order valence-corrected chi connectivity index (χ0v) is 17.9. The van der Waals surface area contributed by atoms with Crippen molar-refractivity contribution in [2.75, 3.05) is 19.5 Å². The molecule has 4 rings (SSSR count). The number of carbonyl (C=O) groups is 1. The number of nitrogens with zero attached hydrogens (tertiary/aromatic N) is 2. The Morgan fingerprint density at radius 2 is 1.62 bits per heavy atom. The Hall–Kier alpha value is -4.13. The van der Waals surface area contributed by atoms with Crippen molar-refractivity contribution in [3.05, 3.63) is 78.7 Å². The van der Waals surface area contributed by atoms with Gasteiger partial charge in [0, 0.05) is 24.5 Å². The minimum Gasteiger partial charge on any atom is -0.497 e. The second-order valence-corrected chi connectivity index (χ2v) is 7.07. The van der Waals surface area contributed by atoms with Gasteiger partial charge in [0.1, 0.15) is 11.5 Å². The zero-order valence-electron chi connectivity index (χ0n) is 17.9. The van der Waals surface area contributed by atoms with Crippen LogP contribution in [0.2, 0.25) is 0 Å². The molecule has 0 aliphatic heterocycles. The molecule has 0 fully saturated rings. The molecule has 0 atom stereocenters. The van der Waals surface area contributed by atoms with Crippen molar-refractivity contribution in [3.8, 4) is 34.0 Å². The lowest BCUT2D eigenvalue weighted by molar-refractivity contribution is -0.116. The summed E-state index contributed by atoms with van der Waals surface area (Å²) in [5.41, 5.74) is 3.69. The van der Waals surface area contributed by atoms with E-state index in [9.17, 15) is 4.79 Å². The van der Waals surface area contributed by atoms with E-state index in [4.69, 9.17) is 14.0 Å². The molecule has 3 aromatic carbocycles. The number of hydrogen-bond donors (Lipinski definition) is 1. The molecule has 0 radical (unpaired) electrons. The predicted octanol–water partition coefficient (Wildman–Crippen LogP) is 4.99. The summed E-state index contributed by atoms with van der Waals surface area (Å²) in [6.07, 6.45) is 0.531. The molecule has 0 bridgehead atoms. The Balaban J connectivity index is 1.36. The molecule has 0 aliphatic rings. The number of rotatable bonds is 8. The third kappa shape index (κ3) is 4.95. The first-order valence-corrected chi connectivity index (χ1v) is 10.2. The highest BCUT2D eigenvalue weighted by Gasteiger charge is 2.13. The second-order valence-electron chi connectivity index (χ2n) is 7.07. The van der Waals surface area contributed by atoms with Crippen LogP contribution in [0.4, 0.5) is 5.69 Å². The number of amides is 1. The molecule has 4 aromatic rings. The van der Waals surface area contributed by atoms with Crippen LogP contribution in [0.1, 0.15) is 12.3 Å². The van der Waals surface area contributed by atoms with E-state index in [0.29, 0.717) is 35.3 Å². The maximum Gasteiger partial charge on any atom is 0.227 e. The van der Waals surface area contributed by atoms with E-state index in [0.717, 1.165) is 16.7 Å². The third-order valence-electron chi connectivity index (χ3n) is 4.97. The van der Waals surface area contributed by atoms with Crippen LogP contribution in [-0.2, 0) is 11.2 Å². The first-order valence-electron chi connectivity index (χ1n) is 10.2. The Labute approximate surface area is 186 Å². The molecule has 162 valence electrons. The minimum absolute atomic E-state index is 0.180. The summed E-state index contributed by atoms with van der Waals surface area (Å²) in [5.74, 6) is 1.90. The van der Waals surface area contributed by atoms with Crippen molar-refractivity contribution in [1.82, 2.24) is 10.1 Å². The van der Waals surface area contributed by atoms with Crippen LogP contribution >= 0.6 is 0 Å². The SMILES string of the molecule is COc1ccc(NC(=O)CCc2nc(-c3ccc(-c4ccccc4)cc3)no2)c(OC)c1.